The highest BCUT2D eigenvalue weighted by molar-refractivity contribution is 7.99. The number of benzene rings is 3. The third kappa shape index (κ3) is 6.31. The summed E-state index contributed by atoms with van der Waals surface area (Å²) in [6, 6.07) is 24.4. The molecule has 0 fully saturated rings. The fourth-order valence-electron chi connectivity index (χ4n) is 4.12. The fraction of sp³-hybridized carbons (Fsp3) is 0.333. The molecule has 7 heteroatoms. The number of aliphatic hydroxyl groups excluding tert-OH is 3. The van der Waals surface area contributed by atoms with Crippen LogP contribution in [0.5, 0.6) is 5.75 Å². The first-order chi connectivity index (χ1) is 16.7. The quantitative estimate of drug-likeness (QED) is 0.339. The number of anilines is 2. The smallest absolute Gasteiger partial charge is 0.119 e. The second-order valence-corrected chi connectivity index (χ2v) is 9.41. The third-order valence-corrected chi connectivity index (χ3v) is 6.84. The summed E-state index contributed by atoms with van der Waals surface area (Å²) < 4.78 is 5.60. The molecule has 0 amide bonds. The predicted molar refractivity (Wildman–Crippen MR) is 136 cm³/mol. The first-order valence-corrected chi connectivity index (χ1v) is 12.5. The number of ether oxygens (including phenoxy) is 1. The van der Waals surface area contributed by atoms with Gasteiger partial charge in [-0.3, -0.25) is 4.90 Å². The Morgan fingerprint density at radius 2 is 1.50 bits per heavy atom. The third-order valence-electron chi connectivity index (χ3n) is 5.71. The van der Waals surface area contributed by atoms with Gasteiger partial charge in [0.1, 0.15) is 5.75 Å². The van der Waals surface area contributed by atoms with E-state index < -0.39 is 6.10 Å². The molecule has 1 aliphatic rings. The number of fused-ring (bicyclic) bond motifs is 2. The zero-order chi connectivity index (χ0) is 23.8. The standard InChI is InChI=1S/C27H32N2O4S/c30-15-5-17-33-23-12-10-21(11-13-23)18-28(14-16-31)19-22(32)20-29-24-6-1-3-8-26(24)34-27-9-4-2-7-25(27)29/h1-4,6-13,22,30-32H,5,14-20H2. The molecule has 0 spiro atoms. The lowest BCUT2D eigenvalue weighted by Crippen LogP contribution is -2.40. The Balaban J connectivity index is 1.41. The Bertz CT molecular complexity index is 1000. The minimum Gasteiger partial charge on any atom is -0.494 e. The Kier molecular flexibility index (Phi) is 8.85. The molecule has 0 radical (unpaired) electrons. The van der Waals surface area contributed by atoms with E-state index in [0.29, 0.717) is 39.2 Å². The van der Waals surface area contributed by atoms with Gasteiger partial charge in [0, 0.05) is 42.5 Å². The molecule has 0 aromatic heterocycles. The van der Waals surface area contributed by atoms with E-state index >= 15 is 0 Å². The van der Waals surface area contributed by atoms with Crippen LogP contribution in [-0.2, 0) is 6.54 Å². The molecule has 0 bridgehead atoms. The largest absolute Gasteiger partial charge is 0.494 e. The summed E-state index contributed by atoms with van der Waals surface area (Å²) in [5.41, 5.74) is 3.30. The minimum absolute atomic E-state index is 0.0289. The van der Waals surface area contributed by atoms with Crippen LogP contribution >= 0.6 is 11.8 Å². The highest BCUT2D eigenvalue weighted by Crippen LogP contribution is 2.47. The SMILES string of the molecule is OCCCOc1ccc(CN(CCO)CC(O)CN2c3ccccc3Sc3ccccc32)cc1. The summed E-state index contributed by atoms with van der Waals surface area (Å²) >= 11 is 1.75. The molecular weight excluding hydrogens is 448 g/mol. The van der Waals surface area contributed by atoms with Crippen LogP contribution in [0.3, 0.4) is 0 Å². The maximum absolute atomic E-state index is 11.1. The zero-order valence-electron chi connectivity index (χ0n) is 19.2. The van der Waals surface area contributed by atoms with Crippen molar-refractivity contribution in [3.8, 4) is 5.75 Å². The van der Waals surface area contributed by atoms with Gasteiger partial charge in [-0.25, -0.2) is 0 Å². The summed E-state index contributed by atoms with van der Waals surface area (Å²) in [7, 11) is 0. The van der Waals surface area contributed by atoms with E-state index in [4.69, 9.17) is 9.84 Å². The van der Waals surface area contributed by atoms with Crippen molar-refractivity contribution in [3.63, 3.8) is 0 Å². The number of para-hydroxylation sites is 2. The van der Waals surface area contributed by atoms with Crippen molar-refractivity contribution in [2.24, 2.45) is 0 Å². The number of hydrogen-bond donors (Lipinski definition) is 3. The van der Waals surface area contributed by atoms with Crippen LogP contribution in [-0.4, -0.2) is 65.8 Å². The molecule has 1 heterocycles. The van der Waals surface area contributed by atoms with Crippen LogP contribution in [0.2, 0.25) is 0 Å². The monoisotopic (exact) mass is 480 g/mol. The number of hydrogen-bond acceptors (Lipinski definition) is 7. The Labute approximate surface area is 205 Å². The van der Waals surface area contributed by atoms with Gasteiger partial charge in [-0.15, -0.1) is 0 Å². The molecule has 34 heavy (non-hydrogen) atoms. The lowest BCUT2D eigenvalue weighted by Gasteiger charge is -2.35. The van der Waals surface area contributed by atoms with Crippen LogP contribution in [0.4, 0.5) is 11.4 Å². The summed E-state index contributed by atoms with van der Waals surface area (Å²) in [6.45, 7) is 2.65. The zero-order valence-corrected chi connectivity index (χ0v) is 20.0. The van der Waals surface area contributed by atoms with Crippen molar-refractivity contribution >= 4 is 23.1 Å². The van der Waals surface area contributed by atoms with Crippen LogP contribution in [0.15, 0.2) is 82.6 Å². The van der Waals surface area contributed by atoms with Gasteiger partial charge in [-0.05, 0) is 42.0 Å². The number of rotatable bonds is 12. The van der Waals surface area contributed by atoms with E-state index in [9.17, 15) is 10.2 Å². The lowest BCUT2D eigenvalue weighted by atomic mass is 10.1. The van der Waals surface area contributed by atoms with Crippen molar-refractivity contribution in [2.45, 2.75) is 28.9 Å². The van der Waals surface area contributed by atoms with Crippen molar-refractivity contribution in [3.05, 3.63) is 78.4 Å². The van der Waals surface area contributed by atoms with Crippen molar-refractivity contribution in [1.82, 2.24) is 4.90 Å². The highest BCUT2D eigenvalue weighted by atomic mass is 32.2. The second-order valence-electron chi connectivity index (χ2n) is 8.33. The molecule has 1 aliphatic heterocycles. The summed E-state index contributed by atoms with van der Waals surface area (Å²) in [5, 5.41) is 29.6. The molecule has 0 aliphatic carbocycles. The molecule has 180 valence electrons. The van der Waals surface area contributed by atoms with Gasteiger partial charge in [-0.1, -0.05) is 48.2 Å². The average molecular weight is 481 g/mol. The normalized spacial score (nSPS) is 13.5. The number of aliphatic hydroxyl groups is 3. The Morgan fingerprint density at radius 3 is 2.12 bits per heavy atom. The second kappa shape index (κ2) is 12.2. The molecule has 0 saturated heterocycles. The fourth-order valence-corrected chi connectivity index (χ4v) is 5.22. The Morgan fingerprint density at radius 1 is 0.853 bits per heavy atom. The molecule has 1 atom stereocenters. The first-order valence-electron chi connectivity index (χ1n) is 11.6. The van der Waals surface area contributed by atoms with Crippen LogP contribution in [0.25, 0.3) is 0 Å². The van der Waals surface area contributed by atoms with Crippen LogP contribution < -0.4 is 9.64 Å². The van der Waals surface area contributed by atoms with E-state index in [1.54, 1.807) is 11.8 Å². The number of nitrogens with zero attached hydrogens (tertiary/aromatic N) is 2. The van der Waals surface area contributed by atoms with E-state index in [-0.39, 0.29) is 13.2 Å². The van der Waals surface area contributed by atoms with Gasteiger partial charge >= 0.3 is 0 Å². The molecule has 4 rings (SSSR count). The summed E-state index contributed by atoms with van der Waals surface area (Å²) in [4.78, 5) is 6.63. The molecule has 3 aromatic carbocycles. The molecule has 3 aromatic rings. The summed E-state index contributed by atoms with van der Waals surface area (Å²) in [6.07, 6.45) is 0.00559. The van der Waals surface area contributed by atoms with Crippen molar-refractivity contribution in [2.75, 3.05) is 44.4 Å². The van der Waals surface area contributed by atoms with Gasteiger partial charge in [0.2, 0.25) is 0 Å². The average Bonchev–Trinajstić information content (AvgIpc) is 2.85. The van der Waals surface area contributed by atoms with Gasteiger partial charge < -0.3 is 25.0 Å². The molecule has 1 unspecified atom stereocenters. The topological polar surface area (TPSA) is 76.4 Å². The van der Waals surface area contributed by atoms with Crippen LogP contribution in [0, 0.1) is 0 Å². The van der Waals surface area contributed by atoms with Crippen molar-refractivity contribution in [1.29, 1.82) is 0 Å². The van der Waals surface area contributed by atoms with Crippen LogP contribution in [0.1, 0.15) is 12.0 Å². The highest BCUT2D eigenvalue weighted by Gasteiger charge is 2.25. The molecule has 0 saturated carbocycles. The van der Waals surface area contributed by atoms with E-state index in [0.717, 1.165) is 22.7 Å². The number of β-amino-alcohol motifs (C(OH)–C–C–N with tert-alkyl or cyclic N) is 1. The predicted octanol–water partition coefficient (Wildman–Crippen LogP) is 3.91. The molecule has 3 N–H and O–H groups in total. The maximum Gasteiger partial charge on any atom is 0.119 e. The molecular formula is C27H32N2O4S. The summed E-state index contributed by atoms with van der Waals surface area (Å²) in [5.74, 6) is 0.770. The van der Waals surface area contributed by atoms with Gasteiger partial charge in [-0.2, -0.15) is 0 Å². The minimum atomic E-state index is -0.600. The molecule has 6 nitrogen and oxygen atoms in total. The van der Waals surface area contributed by atoms with E-state index in [2.05, 4.69) is 34.1 Å². The van der Waals surface area contributed by atoms with Gasteiger partial charge in [0.15, 0.2) is 0 Å². The lowest BCUT2D eigenvalue weighted by molar-refractivity contribution is 0.100. The maximum atomic E-state index is 11.1. The first kappa shape index (κ1) is 24.6. The Hall–Kier alpha value is -2.55. The van der Waals surface area contributed by atoms with Crippen molar-refractivity contribution < 1.29 is 20.1 Å². The van der Waals surface area contributed by atoms with E-state index in [1.807, 2.05) is 48.5 Å². The van der Waals surface area contributed by atoms with Gasteiger partial charge in [0.25, 0.3) is 0 Å². The van der Waals surface area contributed by atoms with Gasteiger partial charge in [0.05, 0.1) is 37.2 Å². The van der Waals surface area contributed by atoms with E-state index in [1.165, 1.54) is 9.79 Å².